The fraction of sp³-hybridized carbons (Fsp3) is 0.667. The molecule has 24 heavy (non-hydrogen) atoms. The SMILES string of the molecule is COCCOCCNC(=O)c1cc(S(=O)(=O)N2CCCC2)c(C)o1. The summed E-state index contributed by atoms with van der Waals surface area (Å²) in [5.41, 5.74) is 0. The molecule has 0 aliphatic carbocycles. The van der Waals surface area contributed by atoms with Gasteiger partial charge < -0.3 is 19.2 Å². The number of aryl methyl sites for hydroxylation is 1. The van der Waals surface area contributed by atoms with E-state index in [9.17, 15) is 13.2 Å². The average Bonchev–Trinajstić information content (AvgIpc) is 3.20. The summed E-state index contributed by atoms with van der Waals surface area (Å²) >= 11 is 0. The topological polar surface area (TPSA) is 98.1 Å². The molecule has 1 fully saturated rings. The summed E-state index contributed by atoms with van der Waals surface area (Å²) in [6, 6.07) is 1.30. The van der Waals surface area contributed by atoms with Crippen LogP contribution in [0.15, 0.2) is 15.4 Å². The zero-order valence-electron chi connectivity index (χ0n) is 14.0. The first-order valence-corrected chi connectivity index (χ1v) is 9.36. The lowest BCUT2D eigenvalue weighted by atomic mass is 10.4. The van der Waals surface area contributed by atoms with E-state index in [0.717, 1.165) is 12.8 Å². The summed E-state index contributed by atoms with van der Waals surface area (Å²) in [5, 5.41) is 2.63. The smallest absolute Gasteiger partial charge is 0.287 e. The minimum absolute atomic E-state index is 0.0119. The van der Waals surface area contributed by atoms with E-state index in [1.54, 1.807) is 14.0 Å². The normalized spacial score (nSPS) is 15.8. The lowest BCUT2D eigenvalue weighted by molar-refractivity contribution is 0.0687. The van der Waals surface area contributed by atoms with Crippen molar-refractivity contribution >= 4 is 15.9 Å². The highest BCUT2D eigenvalue weighted by Gasteiger charge is 2.31. The Morgan fingerprint density at radius 1 is 1.29 bits per heavy atom. The van der Waals surface area contributed by atoms with E-state index in [0.29, 0.717) is 39.5 Å². The molecule has 1 aromatic heterocycles. The zero-order chi connectivity index (χ0) is 17.6. The minimum atomic E-state index is -3.60. The van der Waals surface area contributed by atoms with E-state index >= 15 is 0 Å². The van der Waals surface area contributed by atoms with Crippen LogP contribution in [0, 0.1) is 6.92 Å². The fourth-order valence-electron chi connectivity index (χ4n) is 2.47. The maximum Gasteiger partial charge on any atom is 0.287 e. The number of sulfonamides is 1. The molecule has 0 spiro atoms. The third kappa shape index (κ3) is 4.56. The third-order valence-corrected chi connectivity index (χ3v) is 5.75. The second kappa shape index (κ2) is 8.61. The fourth-order valence-corrected chi connectivity index (χ4v) is 4.15. The van der Waals surface area contributed by atoms with Gasteiger partial charge in [-0.05, 0) is 19.8 Å². The van der Waals surface area contributed by atoms with E-state index in [1.165, 1.54) is 10.4 Å². The molecule has 1 aliphatic heterocycles. The van der Waals surface area contributed by atoms with E-state index in [1.807, 2.05) is 0 Å². The number of hydrogen-bond donors (Lipinski definition) is 1. The Labute approximate surface area is 142 Å². The standard InChI is InChI=1S/C15H24N2O6S/c1-12-14(24(19,20)17-6-3-4-7-17)11-13(23-12)15(18)16-5-8-22-10-9-21-2/h11H,3-10H2,1-2H3,(H,16,18). The van der Waals surface area contributed by atoms with Crippen molar-refractivity contribution in [3.8, 4) is 0 Å². The molecule has 136 valence electrons. The molecule has 1 amide bonds. The first-order chi connectivity index (χ1) is 11.5. The van der Waals surface area contributed by atoms with Crippen LogP contribution in [0.5, 0.6) is 0 Å². The van der Waals surface area contributed by atoms with E-state index in [4.69, 9.17) is 13.9 Å². The lowest BCUT2D eigenvalue weighted by Gasteiger charge is -2.14. The molecule has 0 bridgehead atoms. The van der Waals surface area contributed by atoms with Crippen molar-refractivity contribution in [3.63, 3.8) is 0 Å². The Bertz CT molecular complexity index is 649. The zero-order valence-corrected chi connectivity index (χ0v) is 14.9. The second-order valence-corrected chi connectivity index (χ2v) is 7.41. The number of nitrogens with zero attached hydrogens (tertiary/aromatic N) is 1. The van der Waals surface area contributed by atoms with Crippen LogP contribution < -0.4 is 5.32 Å². The third-order valence-electron chi connectivity index (χ3n) is 3.74. The predicted octanol–water partition coefficient (Wildman–Crippen LogP) is 0.765. The summed E-state index contributed by atoms with van der Waals surface area (Å²) in [4.78, 5) is 12.1. The van der Waals surface area contributed by atoms with Gasteiger partial charge in [-0.2, -0.15) is 4.31 Å². The highest BCUT2D eigenvalue weighted by Crippen LogP contribution is 2.26. The molecule has 1 N–H and O–H groups in total. The monoisotopic (exact) mass is 360 g/mol. The van der Waals surface area contributed by atoms with Gasteiger partial charge in [-0.3, -0.25) is 4.79 Å². The summed E-state index contributed by atoms with van der Waals surface area (Å²) in [7, 11) is -2.01. The molecule has 0 unspecified atom stereocenters. The maximum atomic E-state index is 12.6. The molecule has 1 saturated heterocycles. The van der Waals surface area contributed by atoms with Crippen LogP contribution in [-0.4, -0.2) is 65.2 Å². The van der Waals surface area contributed by atoms with E-state index in [2.05, 4.69) is 5.32 Å². The average molecular weight is 360 g/mol. The van der Waals surface area contributed by atoms with Crippen molar-refractivity contribution in [2.45, 2.75) is 24.7 Å². The quantitative estimate of drug-likeness (QED) is 0.653. The summed E-state index contributed by atoms with van der Waals surface area (Å²) < 4.78 is 42.0. The summed E-state index contributed by atoms with van der Waals surface area (Å²) in [5.74, 6) is -0.248. The first-order valence-electron chi connectivity index (χ1n) is 7.92. The Morgan fingerprint density at radius 2 is 2.00 bits per heavy atom. The Kier molecular flexibility index (Phi) is 6.79. The molecular formula is C15H24N2O6S. The van der Waals surface area contributed by atoms with Crippen LogP contribution in [0.2, 0.25) is 0 Å². The van der Waals surface area contributed by atoms with Gasteiger partial charge >= 0.3 is 0 Å². The highest BCUT2D eigenvalue weighted by atomic mass is 32.2. The molecule has 9 heteroatoms. The van der Waals surface area contributed by atoms with Gasteiger partial charge in [0.05, 0.1) is 19.8 Å². The second-order valence-electron chi connectivity index (χ2n) is 5.50. The van der Waals surface area contributed by atoms with E-state index in [-0.39, 0.29) is 16.4 Å². The van der Waals surface area contributed by atoms with Gasteiger partial charge in [0.25, 0.3) is 5.91 Å². The molecule has 8 nitrogen and oxygen atoms in total. The highest BCUT2D eigenvalue weighted by molar-refractivity contribution is 7.89. The Balaban J connectivity index is 1.94. The molecular weight excluding hydrogens is 336 g/mol. The summed E-state index contributed by atoms with van der Waals surface area (Å²) in [6.07, 6.45) is 1.71. The van der Waals surface area contributed by atoms with E-state index < -0.39 is 15.9 Å². The number of hydrogen-bond acceptors (Lipinski definition) is 6. The number of methoxy groups -OCH3 is 1. The number of carbonyl (C=O) groups excluding carboxylic acids is 1. The van der Waals surface area contributed by atoms with Gasteiger partial charge in [-0.15, -0.1) is 0 Å². The van der Waals surface area contributed by atoms with Crippen LogP contribution >= 0.6 is 0 Å². The molecule has 2 heterocycles. The lowest BCUT2D eigenvalue weighted by Crippen LogP contribution is -2.28. The molecule has 1 aliphatic rings. The van der Waals surface area contributed by atoms with Crippen LogP contribution in [-0.2, 0) is 19.5 Å². The van der Waals surface area contributed by atoms with Crippen LogP contribution in [0.1, 0.15) is 29.2 Å². The molecule has 0 aromatic carbocycles. The van der Waals surface area contributed by atoms with Gasteiger partial charge in [-0.1, -0.05) is 0 Å². The van der Waals surface area contributed by atoms with Gasteiger partial charge in [0.2, 0.25) is 10.0 Å². The van der Waals surface area contributed by atoms with Gasteiger partial charge in [0.15, 0.2) is 5.76 Å². The van der Waals surface area contributed by atoms with Crippen molar-refractivity contribution in [2.24, 2.45) is 0 Å². The number of rotatable bonds is 9. The number of amides is 1. The largest absolute Gasteiger partial charge is 0.455 e. The molecule has 1 aromatic rings. The summed E-state index contributed by atoms with van der Waals surface area (Å²) in [6.45, 7) is 4.14. The Morgan fingerprint density at radius 3 is 2.67 bits per heavy atom. The number of ether oxygens (including phenoxy) is 2. The van der Waals surface area contributed by atoms with Crippen LogP contribution in [0.3, 0.4) is 0 Å². The molecule has 2 rings (SSSR count). The Hall–Kier alpha value is -1.42. The van der Waals surface area contributed by atoms with Gasteiger partial charge in [0, 0.05) is 32.8 Å². The molecule has 0 atom stereocenters. The maximum absolute atomic E-state index is 12.6. The molecule has 0 saturated carbocycles. The first kappa shape index (κ1) is 18.9. The minimum Gasteiger partial charge on any atom is -0.455 e. The number of carbonyl (C=O) groups is 1. The van der Waals surface area contributed by atoms with Crippen molar-refractivity contribution in [2.75, 3.05) is 46.6 Å². The van der Waals surface area contributed by atoms with Crippen molar-refractivity contribution < 1.29 is 27.1 Å². The van der Waals surface area contributed by atoms with Gasteiger partial charge in [-0.25, -0.2) is 8.42 Å². The van der Waals surface area contributed by atoms with Crippen LogP contribution in [0.4, 0.5) is 0 Å². The van der Waals surface area contributed by atoms with Crippen molar-refractivity contribution in [1.29, 1.82) is 0 Å². The van der Waals surface area contributed by atoms with Gasteiger partial charge in [0.1, 0.15) is 10.7 Å². The van der Waals surface area contributed by atoms with Crippen LogP contribution in [0.25, 0.3) is 0 Å². The van der Waals surface area contributed by atoms with Crippen molar-refractivity contribution in [3.05, 3.63) is 17.6 Å². The number of furan rings is 1. The predicted molar refractivity (Wildman–Crippen MR) is 86.5 cm³/mol. The van der Waals surface area contributed by atoms with Crippen molar-refractivity contribution in [1.82, 2.24) is 9.62 Å². The number of nitrogens with one attached hydrogen (secondary N) is 1. The molecule has 0 radical (unpaired) electrons.